The van der Waals surface area contributed by atoms with Gasteiger partial charge in [0.15, 0.2) is 0 Å². The van der Waals surface area contributed by atoms with E-state index in [1.807, 2.05) is 6.07 Å². The van der Waals surface area contributed by atoms with Gasteiger partial charge in [0.2, 0.25) is 5.91 Å². The van der Waals surface area contributed by atoms with Crippen LogP contribution in [0.25, 0.3) is 22.0 Å². The molecule has 0 saturated carbocycles. The number of benzene rings is 1. The molecule has 8 nitrogen and oxygen atoms in total. The zero-order valence-electron chi connectivity index (χ0n) is 13.8. The topological polar surface area (TPSA) is 123 Å². The van der Waals surface area contributed by atoms with E-state index in [1.54, 1.807) is 25.5 Å². The van der Waals surface area contributed by atoms with E-state index < -0.39 is 0 Å². The fraction of sp³-hybridized carbons (Fsp3) is 0.188. The first-order valence-corrected chi connectivity index (χ1v) is 8.25. The number of fused-ring (bicyclic) bond motifs is 1. The first kappa shape index (κ1) is 19.8. The standard InChI is InChI=1S/C15H15Cl2N5O.CH2O2/c1-18-7-12(23)19-6-11-13(8-4-20-21-5-8)9-2-3-10(16)14(17)15(9)22-11;2-1-3/h2-5,18,22H,6-7H2,1H3,(H,19,23)(H,20,21);1H,(H,2,3). The van der Waals surface area contributed by atoms with Gasteiger partial charge in [-0.25, -0.2) is 0 Å². The van der Waals surface area contributed by atoms with Gasteiger partial charge in [0.1, 0.15) is 0 Å². The number of aromatic amines is 2. The first-order chi connectivity index (χ1) is 12.5. The third kappa shape index (κ3) is 4.34. The van der Waals surface area contributed by atoms with E-state index in [2.05, 4.69) is 25.8 Å². The molecule has 3 rings (SSSR count). The van der Waals surface area contributed by atoms with Crippen molar-refractivity contribution in [1.29, 1.82) is 0 Å². The second-order valence-electron chi connectivity index (χ2n) is 5.16. The van der Waals surface area contributed by atoms with Gasteiger partial charge in [0, 0.05) is 28.4 Å². The van der Waals surface area contributed by atoms with Crippen LogP contribution in [0.4, 0.5) is 0 Å². The molecule has 0 atom stereocenters. The fourth-order valence-corrected chi connectivity index (χ4v) is 2.89. The third-order valence-corrected chi connectivity index (χ3v) is 4.33. The van der Waals surface area contributed by atoms with E-state index in [-0.39, 0.29) is 18.9 Å². The van der Waals surface area contributed by atoms with Crippen LogP contribution in [0.2, 0.25) is 10.0 Å². The van der Waals surface area contributed by atoms with Gasteiger partial charge in [-0.2, -0.15) is 5.10 Å². The molecule has 0 fully saturated rings. The highest BCUT2D eigenvalue weighted by Gasteiger charge is 2.17. The smallest absolute Gasteiger partial charge is 0.290 e. The molecule has 0 saturated heterocycles. The summed E-state index contributed by atoms with van der Waals surface area (Å²) in [6, 6.07) is 3.66. The second-order valence-corrected chi connectivity index (χ2v) is 5.95. The SMILES string of the molecule is CNCC(=O)NCc1[nH]c2c(Cl)c(Cl)ccc2c1-c1cn[nH]c1.O=CO. The van der Waals surface area contributed by atoms with Crippen LogP contribution >= 0.6 is 23.2 Å². The summed E-state index contributed by atoms with van der Waals surface area (Å²) >= 11 is 12.4. The summed E-state index contributed by atoms with van der Waals surface area (Å²) in [6.45, 7) is 0.359. The highest BCUT2D eigenvalue weighted by atomic mass is 35.5. The van der Waals surface area contributed by atoms with Crippen molar-refractivity contribution in [1.82, 2.24) is 25.8 Å². The zero-order valence-corrected chi connectivity index (χ0v) is 15.3. The average Bonchev–Trinajstić information content (AvgIpc) is 3.24. The van der Waals surface area contributed by atoms with Crippen LogP contribution < -0.4 is 10.6 Å². The maximum atomic E-state index is 11.7. The maximum Gasteiger partial charge on any atom is 0.290 e. The monoisotopic (exact) mass is 397 g/mol. The molecule has 3 aromatic rings. The van der Waals surface area contributed by atoms with Crippen molar-refractivity contribution in [2.45, 2.75) is 6.54 Å². The summed E-state index contributed by atoms with van der Waals surface area (Å²) in [5, 5.41) is 21.2. The van der Waals surface area contributed by atoms with E-state index in [1.165, 1.54) is 0 Å². The van der Waals surface area contributed by atoms with Crippen molar-refractivity contribution in [2.75, 3.05) is 13.6 Å². The Morgan fingerprint density at radius 2 is 2.12 bits per heavy atom. The lowest BCUT2D eigenvalue weighted by molar-refractivity contribution is -0.123. The number of carbonyl (C=O) groups is 2. The highest BCUT2D eigenvalue weighted by molar-refractivity contribution is 6.45. The normalized spacial score (nSPS) is 10.3. The number of H-pyrrole nitrogens is 2. The number of aromatic nitrogens is 3. The number of carboxylic acid groups (broad SMARTS) is 1. The van der Waals surface area contributed by atoms with Crippen molar-refractivity contribution in [3.8, 4) is 11.1 Å². The van der Waals surface area contributed by atoms with Gasteiger partial charge in [0.25, 0.3) is 6.47 Å². The maximum absolute atomic E-state index is 11.7. The zero-order chi connectivity index (χ0) is 19.1. The number of hydrogen-bond acceptors (Lipinski definition) is 4. The number of likely N-dealkylation sites (N-methyl/N-ethyl adjacent to an activating group) is 1. The summed E-state index contributed by atoms with van der Waals surface area (Å²) in [5.74, 6) is -0.0894. The largest absolute Gasteiger partial charge is 0.483 e. The van der Waals surface area contributed by atoms with Crippen LogP contribution in [0.3, 0.4) is 0 Å². The quantitative estimate of drug-likeness (QED) is 0.423. The lowest BCUT2D eigenvalue weighted by Gasteiger charge is -2.05. The van der Waals surface area contributed by atoms with Crippen molar-refractivity contribution >= 4 is 46.5 Å². The Morgan fingerprint density at radius 3 is 2.73 bits per heavy atom. The van der Waals surface area contributed by atoms with Crippen LogP contribution in [0.5, 0.6) is 0 Å². The molecule has 0 radical (unpaired) electrons. The van der Waals surface area contributed by atoms with Crippen LogP contribution in [0, 0.1) is 0 Å². The van der Waals surface area contributed by atoms with E-state index in [0.717, 1.165) is 27.7 Å². The number of nitrogens with zero attached hydrogens (tertiary/aromatic N) is 1. The van der Waals surface area contributed by atoms with Gasteiger partial charge in [-0.3, -0.25) is 14.7 Å². The second kappa shape index (κ2) is 9.23. The number of carbonyl (C=O) groups excluding carboxylic acids is 1. The van der Waals surface area contributed by atoms with E-state index >= 15 is 0 Å². The van der Waals surface area contributed by atoms with Crippen molar-refractivity contribution in [2.24, 2.45) is 0 Å². The lowest BCUT2D eigenvalue weighted by atomic mass is 10.1. The Morgan fingerprint density at radius 1 is 1.38 bits per heavy atom. The van der Waals surface area contributed by atoms with Crippen molar-refractivity contribution in [3.63, 3.8) is 0 Å². The molecule has 2 aromatic heterocycles. The minimum atomic E-state index is -0.250. The van der Waals surface area contributed by atoms with Crippen LogP contribution in [-0.2, 0) is 16.1 Å². The Hall–Kier alpha value is -2.55. The number of rotatable bonds is 5. The summed E-state index contributed by atoms with van der Waals surface area (Å²) in [5.41, 5.74) is 3.44. The van der Waals surface area contributed by atoms with Gasteiger partial charge in [0.05, 0.1) is 34.8 Å². The summed E-state index contributed by atoms with van der Waals surface area (Å²) < 4.78 is 0. The summed E-state index contributed by atoms with van der Waals surface area (Å²) in [6.07, 6.45) is 3.52. The molecule has 1 aromatic carbocycles. The molecule has 2 heterocycles. The summed E-state index contributed by atoms with van der Waals surface area (Å²) in [4.78, 5) is 23.3. The van der Waals surface area contributed by atoms with Gasteiger partial charge in [-0.05, 0) is 13.1 Å². The van der Waals surface area contributed by atoms with E-state index in [9.17, 15) is 4.79 Å². The van der Waals surface area contributed by atoms with E-state index in [0.29, 0.717) is 16.6 Å². The number of hydrogen-bond donors (Lipinski definition) is 5. The van der Waals surface area contributed by atoms with Crippen molar-refractivity contribution < 1.29 is 14.7 Å². The Labute approximate surface area is 158 Å². The molecule has 1 amide bonds. The highest BCUT2D eigenvalue weighted by Crippen LogP contribution is 2.38. The van der Waals surface area contributed by atoms with Crippen LogP contribution in [-0.4, -0.2) is 46.3 Å². The average molecular weight is 398 g/mol. The molecule has 0 spiro atoms. The molecule has 10 heteroatoms. The molecule has 0 unspecified atom stereocenters. The molecule has 0 bridgehead atoms. The Bertz CT molecular complexity index is 893. The number of amides is 1. The van der Waals surface area contributed by atoms with Crippen LogP contribution in [0.1, 0.15) is 5.69 Å². The van der Waals surface area contributed by atoms with Gasteiger partial charge < -0.3 is 20.7 Å². The molecule has 26 heavy (non-hydrogen) atoms. The molecule has 0 aliphatic carbocycles. The van der Waals surface area contributed by atoms with Gasteiger partial charge in [-0.1, -0.05) is 29.3 Å². The molecule has 0 aliphatic heterocycles. The summed E-state index contributed by atoms with van der Waals surface area (Å²) in [7, 11) is 1.72. The predicted molar refractivity (Wildman–Crippen MR) is 100 cm³/mol. The molecule has 138 valence electrons. The minimum absolute atomic E-state index is 0.0894. The van der Waals surface area contributed by atoms with Crippen LogP contribution in [0.15, 0.2) is 24.5 Å². The Kier molecular flexibility index (Phi) is 7.02. The molecule has 0 aliphatic rings. The molecule has 5 N–H and O–H groups in total. The predicted octanol–water partition coefficient (Wildman–Crippen LogP) is 2.40. The fourth-order valence-electron chi connectivity index (χ4n) is 2.52. The van der Waals surface area contributed by atoms with Gasteiger partial charge >= 0.3 is 0 Å². The Balaban J connectivity index is 0.000000758. The van der Waals surface area contributed by atoms with Crippen molar-refractivity contribution in [3.05, 3.63) is 40.3 Å². The number of nitrogens with one attached hydrogen (secondary N) is 4. The lowest BCUT2D eigenvalue weighted by Crippen LogP contribution is -2.31. The van der Waals surface area contributed by atoms with E-state index in [4.69, 9.17) is 33.1 Å². The minimum Gasteiger partial charge on any atom is -0.483 e. The number of halogens is 2. The first-order valence-electron chi connectivity index (χ1n) is 7.50. The van der Waals surface area contributed by atoms with Gasteiger partial charge in [-0.15, -0.1) is 0 Å². The molecular formula is C16H17Cl2N5O3. The molecular weight excluding hydrogens is 381 g/mol. The third-order valence-electron chi connectivity index (χ3n) is 3.53.